The Labute approximate surface area is 151 Å². The zero-order valence-electron chi connectivity index (χ0n) is 14.0. The van der Waals surface area contributed by atoms with Crippen molar-refractivity contribution in [2.45, 2.75) is 6.42 Å². The van der Waals surface area contributed by atoms with Crippen molar-refractivity contribution >= 4 is 34.8 Å². The van der Waals surface area contributed by atoms with Crippen LogP contribution in [0.25, 0.3) is 0 Å². The quantitative estimate of drug-likeness (QED) is 0.714. The molecule has 0 aliphatic heterocycles. The van der Waals surface area contributed by atoms with Crippen LogP contribution in [0.3, 0.4) is 0 Å². The summed E-state index contributed by atoms with van der Waals surface area (Å²) in [5.74, 6) is 0.0628. The number of amides is 2. The first-order valence-electron chi connectivity index (χ1n) is 7.58. The molecule has 0 heterocycles. The molecule has 0 aromatic heterocycles. The summed E-state index contributed by atoms with van der Waals surface area (Å²) >= 11 is 5.17. The highest BCUT2D eigenvalue weighted by molar-refractivity contribution is 7.80. The van der Waals surface area contributed by atoms with Crippen LogP contribution in [-0.2, 0) is 11.2 Å². The van der Waals surface area contributed by atoms with E-state index in [0.29, 0.717) is 23.4 Å². The van der Waals surface area contributed by atoms with Gasteiger partial charge in [0.1, 0.15) is 5.75 Å². The average molecular weight is 357 g/mol. The van der Waals surface area contributed by atoms with E-state index in [1.54, 1.807) is 43.4 Å². The van der Waals surface area contributed by atoms with Crippen molar-refractivity contribution in [1.82, 2.24) is 10.6 Å². The third-order valence-corrected chi connectivity index (χ3v) is 3.64. The Morgan fingerprint density at radius 1 is 1.08 bits per heavy atom. The highest BCUT2D eigenvalue weighted by Crippen LogP contribution is 2.17. The van der Waals surface area contributed by atoms with Gasteiger partial charge in [0.25, 0.3) is 5.91 Å². The van der Waals surface area contributed by atoms with Gasteiger partial charge in [0, 0.05) is 12.7 Å². The molecule has 0 unspecified atom stereocenters. The minimum Gasteiger partial charge on any atom is -0.496 e. The summed E-state index contributed by atoms with van der Waals surface area (Å²) in [6.07, 6.45) is 0.311. The van der Waals surface area contributed by atoms with E-state index in [1.165, 1.54) is 7.11 Å². The number of para-hydroxylation sites is 1. The molecule has 2 aromatic carbocycles. The summed E-state index contributed by atoms with van der Waals surface area (Å²) in [6, 6.07) is 14.1. The number of hydrogen-bond donors (Lipinski definition) is 3. The van der Waals surface area contributed by atoms with Crippen LogP contribution in [-0.4, -0.2) is 31.1 Å². The predicted octanol–water partition coefficient (Wildman–Crippen LogP) is 2.11. The fraction of sp³-hybridized carbons (Fsp3) is 0.167. The zero-order chi connectivity index (χ0) is 18.2. The summed E-state index contributed by atoms with van der Waals surface area (Å²) in [5.41, 5.74) is 2.00. The molecule has 7 heteroatoms. The highest BCUT2D eigenvalue weighted by Gasteiger charge is 2.12. The average Bonchev–Trinajstić information content (AvgIpc) is 2.63. The molecule has 0 bridgehead atoms. The SMILES string of the molecule is CNC(=O)Cc1ccc(NC(=S)NC(=O)c2ccccc2OC)cc1. The molecule has 0 spiro atoms. The highest BCUT2D eigenvalue weighted by atomic mass is 32.1. The molecule has 0 aliphatic carbocycles. The number of ether oxygens (including phenoxy) is 1. The topological polar surface area (TPSA) is 79.5 Å². The summed E-state index contributed by atoms with van der Waals surface area (Å²) in [5, 5.41) is 8.29. The van der Waals surface area contributed by atoms with Crippen molar-refractivity contribution in [3.05, 3.63) is 59.7 Å². The second-order valence-electron chi connectivity index (χ2n) is 5.16. The van der Waals surface area contributed by atoms with Crippen molar-refractivity contribution in [1.29, 1.82) is 0 Å². The van der Waals surface area contributed by atoms with Crippen molar-refractivity contribution < 1.29 is 14.3 Å². The van der Waals surface area contributed by atoms with Gasteiger partial charge >= 0.3 is 0 Å². The van der Waals surface area contributed by atoms with Crippen LogP contribution in [0.2, 0.25) is 0 Å². The monoisotopic (exact) mass is 357 g/mol. The molecule has 2 aromatic rings. The molecular formula is C18H19N3O3S. The van der Waals surface area contributed by atoms with Crippen molar-refractivity contribution in [3.63, 3.8) is 0 Å². The summed E-state index contributed by atoms with van der Waals surface area (Å²) in [7, 11) is 3.10. The van der Waals surface area contributed by atoms with Gasteiger partial charge < -0.3 is 15.4 Å². The van der Waals surface area contributed by atoms with Crippen LogP contribution in [0, 0.1) is 0 Å². The van der Waals surface area contributed by atoms with Crippen LogP contribution in [0.5, 0.6) is 5.75 Å². The van der Waals surface area contributed by atoms with Gasteiger partial charge in [-0.05, 0) is 42.0 Å². The minimum absolute atomic E-state index is 0.0553. The number of nitrogens with one attached hydrogen (secondary N) is 3. The molecule has 3 N–H and O–H groups in total. The maximum atomic E-state index is 12.3. The fourth-order valence-corrected chi connectivity index (χ4v) is 2.36. The maximum Gasteiger partial charge on any atom is 0.261 e. The normalized spacial score (nSPS) is 9.84. The van der Waals surface area contributed by atoms with E-state index < -0.39 is 0 Å². The Kier molecular flexibility index (Phi) is 6.47. The summed E-state index contributed by atoms with van der Waals surface area (Å²) < 4.78 is 5.16. The van der Waals surface area contributed by atoms with Crippen molar-refractivity contribution in [2.75, 3.05) is 19.5 Å². The number of likely N-dealkylation sites (N-methyl/N-ethyl adjacent to an activating group) is 1. The van der Waals surface area contributed by atoms with Crippen LogP contribution < -0.4 is 20.7 Å². The molecule has 6 nitrogen and oxygen atoms in total. The van der Waals surface area contributed by atoms with Gasteiger partial charge in [-0.25, -0.2) is 0 Å². The first-order valence-corrected chi connectivity index (χ1v) is 7.99. The van der Waals surface area contributed by atoms with E-state index in [1.807, 2.05) is 12.1 Å². The van der Waals surface area contributed by atoms with Gasteiger partial charge in [0.05, 0.1) is 19.1 Å². The number of carbonyl (C=O) groups excluding carboxylic acids is 2. The molecular weight excluding hydrogens is 338 g/mol. The Bertz CT molecular complexity index is 775. The predicted molar refractivity (Wildman–Crippen MR) is 101 cm³/mol. The van der Waals surface area contributed by atoms with Gasteiger partial charge in [-0.15, -0.1) is 0 Å². The van der Waals surface area contributed by atoms with Crippen LogP contribution >= 0.6 is 12.2 Å². The zero-order valence-corrected chi connectivity index (χ0v) is 14.8. The van der Waals surface area contributed by atoms with E-state index in [2.05, 4.69) is 16.0 Å². The summed E-state index contributed by atoms with van der Waals surface area (Å²) in [6.45, 7) is 0. The summed E-state index contributed by atoms with van der Waals surface area (Å²) in [4.78, 5) is 23.6. The lowest BCUT2D eigenvalue weighted by Gasteiger charge is -2.12. The van der Waals surface area contributed by atoms with Gasteiger partial charge in [0.2, 0.25) is 5.91 Å². The number of rotatable bonds is 5. The molecule has 0 saturated carbocycles. The molecule has 0 fully saturated rings. The maximum absolute atomic E-state index is 12.3. The van der Waals surface area contributed by atoms with Gasteiger partial charge in [-0.2, -0.15) is 0 Å². The van der Waals surface area contributed by atoms with Crippen LogP contribution in [0.1, 0.15) is 15.9 Å². The Morgan fingerprint density at radius 3 is 2.40 bits per heavy atom. The van der Waals surface area contributed by atoms with E-state index >= 15 is 0 Å². The van der Waals surface area contributed by atoms with Gasteiger partial charge in [0.15, 0.2) is 5.11 Å². The molecule has 25 heavy (non-hydrogen) atoms. The van der Waals surface area contributed by atoms with E-state index in [-0.39, 0.29) is 16.9 Å². The largest absolute Gasteiger partial charge is 0.496 e. The molecule has 130 valence electrons. The lowest BCUT2D eigenvalue weighted by molar-refractivity contribution is -0.119. The lowest BCUT2D eigenvalue weighted by atomic mass is 10.1. The first kappa shape index (κ1) is 18.4. The second kappa shape index (κ2) is 8.79. The van der Waals surface area contributed by atoms with E-state index in [9.17, 15) is 9.59 Å². The molecule has 0 atom stereocenters. The molecule has 0 saturated heterocycles. The van der Waals surface area contributed by atoms with Crippen molar-refractivity contribution in [3.8, 4) is 5.75 Å². The fourth-order valence-electron chi connectivity index (χ4n) is 2.14. The molecule has 0 aliphatic rings. The number of benzene rings is 2. The van der Waals surface area contributed by atoms with E-state index in [0.717, 1.165) is 5.56 Å². The van der Waals surface area contributed by atoms with Crippen molar-refractivity contribution in [2.24, 2.45) is 0 Å². The number of thiocarbonyl (C=S) groups is 1. The number of methoxy groups -OCH3 is 1. The third kappa shape index (κ3) is 5.29. The van der Waals surface area contributed by atoms with E-state index in [4.69, 9.17) is 17.0 Å². The number of anilines is 1. The lowest BCUT2D eigenvalue weighted by Crippen LogP contribution is -2.34. The smallest absolute Gasteiger partial charge is 0.261 e. The number of carbonyl (C=O) groups is 2. The Balaban J connectivity index is 1.95. The minimum atomic E-state index is -0.355. The third-order valence-electron chi connectivity index (χ3n) is 3.43. The molecule has 2 amide bonds. The standard InChI is InChI=1S/C18H19N3O3S/c1-19-16(22)11-12-7-9-13(10-8-12)20-18(25)21-17(23)14-5-3-4-6-15(14)24-2/h3-10H,11H2,1-2H3,(H,19,22)(H2,20,21,23,25). The van der Waals surface area contributed by atoms with Gasteiger partial charge in [-0.3, -0.25) is 14.9 Å². The first-order chi connectivity index (χ1) is 12.0. The molecule has 0 radical (unpaired) electrons. The molecule has 2 rings (SSSR count). The van der Waals surface area contributed by atoms with Crippen LogP contribution in [0.4, 0.5) is 5.69 Å². The van der Waals surface area contributed by atoms with Crippen LogP contribution in [0.15, 0.2) is 48.5 Å². The Hall–Kier alpha value is -2.93. The second-order valence-corrected chi connectivity index (χ2v) is 5.56. The van der Waals surface area contributed by atoms with Gasteiger partial charge in [-0.1, -0.05) is 24.3 Å². The number of hydrogen-bond acceptors (Lipinski definition) is 4. The Morgan fingerprint density at radius 2 is 1.76 bits per heavy atom.